The Morgan fingerprint density at radius 3 is 3.00 bits per heavy atom. The van der Waals surface area contributed by atoms with Crippen LogP contribution in [0.4, 0.5) is 5.69 Å². The van der Waals surface area contributed by atoms with Crippen LogP contribution < -0.4 is 0 Å². The number of benzene rings is 1. The van der Waals surface area contributed by atoms with Crippen molar-refractivity contribution in [2.75, 3.05) is 0 Å². The molecular weight excluding hydrogens is 170 g/mol. The van der Waals surface area contributed by atoms with E-state index in [4.69, 9.17) is 6.90 Å². The monoisotopic (exact) mass is 178 g/mol. The zero-order valence-corrected chi connectivity index (χ0v) is 6.89. The predicted molar refractivity (Wildman–Crippen MR) is 46.5 cm³/mol. The summed E-state index contributed by atoms with van der Waals surface area (Å²) in [5.74, 6) is 0. The van der Waals surface area contributed by atoms with E-state index in [9.17, 15) is 10.1 Å². The van der Waals surface area contributed by atoms with E-state index < -0.39 is 4.92 Å². The van der Waals surface area contributed by atoms with E-state index in [1.54, 1.807) is 0 Å². The number of rotatable bonds is 2. The number of nitrogens with zero attached hydrogens (tertiary/aromatic N) is 3. The van der Waals surface area contributed by atoms with Crippen molar-refractivity contribution in [2.24, 2.45) is 0 Å². The fourth-order valence-electron chi connectivity index (χ4n) is 0.925. The maximum Gasteiger partial charge on any atom is 0.303 e. The van der Waals surface area contributed by atoms with Crippen molar-refractivity contribution in [2.45, 2.75) is 6.92 Å². The third-order valence-corrected chi connectivity index (χ3v) is 1.56. The van der Waals surface area contributed by atoms with Gasteiger partial charge in [-0.25, -0.2) is 0 Å². The Hall–Kier alpha value is -2.00. The molecular formula is C8H7N3O2. The molecule has 13 heavy (non-hydrogen) atoms. The molecule has 0 aromatic heterocycles. The van der Waals surface area contributed by atoms with Gasteiger partial charge in [0.05, 0.1) is 6.29 Å². The Bertz CT molecular complexity index is 438. The van der Waals surface area contributed by atoms with Crippen LogP contribution in [-0.2, 0) is 0 Å². The van der Waals surface area contributed by atoms with Crippen LogP contribution in [0.5, 0.6) is 0 Å². The van der Waals surface area contributed by atoms with Gasteiger partial charge in [0.2, 0.25) is 0 Å². The standard InChI is InChI=1S/C8H7N3O2/c1-6(10-9)7-4-2-3-5-8(7)11(12)13/h2-5H,1H3/i5D. The first-order valence-corrected chi connectivity index (χ1v) is 3.51. The van der Waals surface area contributed by atoms with Gasteiger partial charge in [-0.05, 0) is 6.07 Å². The molecule has 0 aliphatic rings. The summed E-state index contributed by atoms with van der Waals surface area (Å²) in [6.07, 6.45) is 0. The summed E-state index contributed by atoms with van der Waals surface area (Å²) >= 11 is 0. The molecule has 0 unspecified atom stereocenters. The van der Waals surface area contributed by atoms with Crippen molar-refractivity contribution < 1.29 is 11.1 Å². The smallest absolute Gasteiger partial charge is 0.303 e. The predicted octanol–water partition coefficient (Wildman–Crippen LogP) is 1.63. The Labute approximate surface area is 75.8 Å². The summed E-state index contributed by atoms with van der Waals surface area (Å²) in [5.41, 5.74) is 8.42. The van der Waals surface area contributed by atoms with Gasteiger partial charge in [0.25, 0.3) is 5.69 Å². The average molecular weight is 178 g/mol. The lowest BCUT2D eigenvalue weighted by Crippen LogP contribution is -2.01. The second-order valence-electron chi connectivity index (χ2n) is 2.37. The molecule has 0 spiro atoms. The molecule has 0 heterocycles. The first-order valence-electron chi connectivity index (χ1n) is 4.01. The largest absolute Gasteiger partial charge is 0.361 e. The van der Waals surface area contributed by atoms with Crippen LogP contribution in [0.2, 0.25) is 0 Å². The summed E-state index contributed by atoms with van der Waals surface area (Å²) in [5, 5.41) is 10.6. The second kappa shape index (κ2) is 3.60. The molecule has 0 N–H and O–H groups in total. The van der Waals surface area contributed by atoms with Gasteiger partial charge in [0, 0.05) is 13.0 Å². The van der Waals surface area contributed by atoms with Crippen LogP contribution in [0.1, 0.15) is 13.9 Å². The van der Waals surface area contributed by atoms with Crippen molar-refractivity contribution in [3.8, 4) is 0 Å². The number of nitro benzene ring substituents is 1. The zero-order chi connectivity index (χ0) is 10.7. The van der Waals surface area contributed by atoms with Gasteiger partial charge >= 0.3 is 5.71 Å². The Kier molecular flexibility index (Phi) is 2.12. The van der Waals surface area contributed by atoms with Crippen LogP contribution in [0.3, 0.4) is 0 Å². The molecule has 5 heteroatoms. The summed E-state index contributed by atoms with van der Waals surface area (Å²) < 4.78 is 7.33. The quantitative estimate of drug-likeness (QED) is 0.227. The van der Waals surface area contributed by atoms with Gasteiger partial charge in [-0.1, -0.05) is 12.1 Å². The Morgan fingerprint density at radius 2 is 2.46 bits per heavy atom. The highest BCUT2D eigenvalue weighted by atomic mass is 16.6. The highest BCUT2D eigenvalue weighted by Gasteiger charge is 2.18. The van der Waals surface area contributed by atoms with E-state index >= 15 is 0 Å². The third kappa shape index (κ3) is 1.77. The number of para-hydroxylation sites is 1. The van der Waals surface area contributed by atoms with E-state index in [0.29, 0.717) is 0 Å². The maximum atomic E-state index is 10.6. The van der Waals surface area contributed by atoms with Crippen molar-refractivity contribution >= 4 is 11.4 Å². The third-order valence-electron chi connectivity index (χ3n) is 1.56. The van der Waals surface area contributed by atoms with Crippen molar-refractivity contribution in [1.29, 1.82) is 0 Å². The minimum absolute atomic E-state index is 0.116. The molecule has 1 aromatic rings. The zero-order valence-electron chi connectivity index (χ0n) is 7.89. The van der Waals surface area contributed by atoms with Crippen molar-refractivity contribution in [3.63, 3.8) is 0 Å². The van der Waals surface area contributed by atoms with Crippen molar-refractivity contribution in [3.05, 3.63) is 45.5 Å². The molecule has 0 aliphatic carbocycles. The minimum atomic E-state index is -0.660. The van der Waals surface area contributed by atoms with Crippen LogP contribution in [0, 0.1) is 10.1 Å². The molecule has 0 atom stereocenters. The molecule has 0 aliphatic heterocycles. The summed E-state index contributed by atoms with van der Waals surface area (Å²) in [6, 6.07) is 4.05. The van der Waals surface area contributed by atoms with Gasteiger partial charge < -0.3 is 5.53 Å². The molecule has 0 amide bonds. The number of nitro groups is 1. The SMILES string of the molecule is [2H]c1cccc(C(C)=[N+]=[N-])c1[N+](=O)[O-]. The first-order chi connectivity index (χ1) is 6.57. The lowest BCUT2D eigenvalue weighted by Gasteiger charge is -1.93. The first kappa shape index (κ1) is 7.64. The van der Waals surface area contributed by atoms with E-state index in [1.807, 2.05) is 0 Å². The highest BCUT2D eigenvalue weighted by molar-refractivity contribution is 5.98. The normalized spacial score (nSPS) is 10.1. The second-order valence-corrected chi connectivity index (χ2v) is 2.37. The van der Waals surface area contributed by atoms with Gasteiger partial charge in [-0.2, -0.15) is 4.79 Å². The lowest BCUT2D eigenvalue weighted by molar-refractivity contribution is -0.385. The molecule has 0 fully saturated rings. The van der Waals surface area contributed by atoms with E-state index in [1.165, 1.54) is 25.1 Å². The van der Waals surface area contributed by atoms with Crippen LogP contribution in [0.15, 0.2) is 24.2 Å². The van der Waals surface area contributed by atoms with Gasteiger partial charge in [-0.15, -0.1) is 0 Å². The molecule has 0 radical (unpaired) electrons. The van der Waals surface area contributed by atoms with E-state index in [-0.39, 0.29) is 23.0 Å². The number of hydrogen-bond donors (Lipinski definition) is 0. The topological polar surface area (TPSA) is 79.5 Å². The number of hydrogen-bond acceptors (Lipinski definition) is 2. The summed E-state index contributed by atoms with van der Waals surface area (Å²) in [6.45, 7) is 1.43. The van der Waals surface area contributed by atoms with Gasteiger partial charge in [0.15, 0.2) is 0 Å². The summed E-state index contributed by atoms with van der Waals surface area (Å²) in [4.78, 5) is 12.8. The average Bonchev–Trinajstić information content (AvgIpc) is 2.15. The molecule has 1 aromatic carbocycles. The van der Waals surface area contributed by atoms with Gasteiger partial charge in [0.1, 0.15) is 5.56 Å². The molecule has 66 valence electrons. The van der Waals surface area contributed by atoms with Gasteiger partial charge in [-0.3, -0.25) is 10.1 Å². The summed E-state index contributed by atoms with van der Waals surface area (Å²) in [7, 11) is 0. The van der Waals surface area contributed by atoms with Crippen LogP contribution in [-0.4, -0.2) is 15.4 Å². The molecule has 0 saturated heterocycles. The Morgan fingerprint density at radius 1 is 1.77 bits per heavy atom. The molecule has 0 saturated carbocycles. The van der Waals surface area contributed by atoms with E-state index in [2.05, 4.69) is 4.79 Å². The fourth-order valence-corrected chi connectivity index (χ4v) is 0.925. The van der Waals surface area contributed by atoms with E-state index in [0.717, 1.165) is 0 Å². The fraction of sp³-hybridized carbons (Fsp3) is 0.125. The van der Waals surface area contributed by atoms with Crippen LogP contribution >= 0.6 is 0 Å². The molecule has 5 nitrogen and oxygen atoms in total. The highest BCUT2D eigenvalue weighted by Crippen LogP contribution is 2.17. The van der Waals surface area contributed by atoms with Crippen molar-refractivity contribution in [1.82, 2.24) is 0 Å². The minimum Gasteiger partial charge on any atom is -0.361 e. The molecule has 1 rings (SSSR count). The maximum absolute atomic E-state index is 10.6. The lowest BCUT2D eigenvalue weighted by atomic mass is 10.1. The van der Waals surface area contributed by atoms with Crippen LogP contribution in [0.25, 0.3) is 5.53 Å². The Balaban J connectivity index is 3.51. The molecule has 0 bridgehead atoms.